The molecule has 0 saturated heterocycles. The van der Waals surface area contributed by atoms with Crippen LogP contribution < -0.4 is 5.73 Å². The second-order valence-electron chi connectivity index (χ2n) is 4.80. The molecular weight excluding hydrogens is 254 g/mol. The molecule has 0 fully saturated rings. The highest BCUT2D eigenvalue weighted by atomic mass is 16.5. The summed E-state index contributed by atoms with van der Waals surface area (Å²) in [4.78, 5) is 11.2. The van der Waals surface area contributed by atoms with Gasteiger partial charge >= 0.3 is 5.97 Å². The molecule has 0 saturated carbocycles. The van der Waals surface area contributed by atoms with Crippen LogP contribution in [0, 0.1) is 0 Å². The molecule has 0 spiro atoms. The number of nitrogens with zero attached hydrogens (tertiary/aromatic N) is 2. The zero-order valence-electron chi connectivity index (χ0n) is 11.8. The van der Waals surface area contributed by atoms with Crippen LogP contribution in [0.25, 0.3) is 10.9 Å². The molecule has 0 aliphatic heterocycles. The molecule has 1 aromatic heterocycles. The Bertz CT molecular complexity index is 578. The number of hydrogen-bond acceptors (Lipinski definition) is 4. The molecule has 1 heterocycles. The first-order chi connectivity index (χ1) is 9.70. The predicted molar refractivity (Wildman–Crippen MR) is 79.2 cm³/mol. The largest absolute Gasteiger partial charge is 0.466 e. The van der Waals surface area contributed by atoms with Crippen molar-refractivity contribution in [2.45, 2.75) is 39.2 Å². The van der Waals surface area contributed by atoms with Gasteiger partial charge in [0.2, 0.25) is 0 Å². The molecule has 1 aromatic carbocycles. The van der Waals surface area contributed by atoms with E-state index in [1.807, 2.05) is 36.0 Å². The van der Waals surface area contributed by atoms with Crippen molar-refractivity contribution in [3.8, 4) is 0 Å². The van der Waals surface area contributed by atoms with Gasteiger partial charge in [0.25, 0.3) is 0 Å². The minimum Gasteiger partial charge on any atom is -0.466 e. The summed E-state index contributed by atoms with van der Waals surface area (Å²) in [5, 5.41) is 5.47. The third kappa shape index (κ3) is 3.73. The van der Waals surface area contributed by atoms with Crippen LogP contribution in [-0.2, 0) is 16.1 Å². The Kier molecular flexibility index (Phi) is 4.98. The SMILES string of the molecule is CCOC(=O)CCCCCn1ncc2ccc(N)cc21. The van der Waals surface area contributed by atoms with Crippen LogP contribution in [0.5, 0.6) is 0 Å². The maximum atomic E-state index is 11.2. The first-order valence-electron chi connectivity index (χ1n) is 7.07. The van der Waals surface area contributed by atoms with Crippen molar-refractivity contribution in [1.29, 1.82) is 0 Å². The molecule has 5 heteroatoms. The Balaban J connectivity index is 1.78. The number of unbranched alkanes of at least 4 members (excludes halogenated alkanes) is 2. The first-order valence-corrected chi connectivity index (χ1v) is 7.07. The van der Waals surface area contributed by atoms with Gasteiger partial charge in [0.05, 0.1) is 18.3 Å². The van der Waals surface area contributed by atoms with Crippen LogP contribution in [0.15, 0.2) is 24.4 Å². The maximum Gasteiger partial charge on any atom is 0.305 e. The number of anilines is 1. The van der Waals surface area contributed by atoms with E-state index in [0.717, 1.165) is 42.4 Å². The van der Waals surface area contributed by atoms with Crippen molar-refractivity contribution < 1.29 is 9.53 Å². The Morgan fingerprint density at radius 1 is 1.35 bits per heavy atom. The topological polar surface area (TPSA) is 70.1 Å². The molecule has 0 amide bonds. The lowest BCUT2D eigenvalue weighted by Crippen LogP contribution is -2.04. The Morgan fingerprint density at radius 2 is 2.20 bits per heavy atom. The third-order valence-corrected chi connectivity index (χ3v) is 3.22. The standard InChI is InChI=1S/C15H21N3O2/c1-2-20-15(19)6-4-3-5-9-18-14-10-13(16)8-7-12(14)11-17-18/h7-8,10-11H,2-6,9,16H2,1H3. The van der Waals surface area contributed by atoms with E-state index in [-0.39, 0.29) is 5.97 Å². The summed E-state index contributed by atoms with van der Waals surface area (Å²) < 4.78 is 6.86. The summed E-state index contributed by atoms with van der Waals surface area (Å²) in [6.07, 6.45) is 5.20. The predicted octanol–water partition coefficient (Wildman–Crippen LogP) is 2.74. The van der Waals surface area contributed by atoms with E-state index < -0.39 is 0 Å². The van der Waals surface area contributed by atoms with Crippen molar-refractivity contribution in [3.05, 3.63) is 24.4 Å². The molecule has 0 bridgehead atoms. The van der Waals surface area contributed by atoms with Crippen LogP contribution in [0.1, 0.15) is 32.6 Å². The number of rotatable bonds is 7. The minimum atomic E-state index is -0.107. The summed E-state index contributed by atoms with van der Waals surface area (Å²) in [5.41, 5.74) is 7.61. The van der Waals surface area contributed by atoms with E-state index in [2.05, 4.69) is 5.10 Å². The summed E-state index contributed by atoms with van der Waals surface area (Å²) in [5.74, 6) is -0.107. The van der Waals surface area contributed by atoms with Gasteiger partial charge < -0.3 is 10.5 Å². The van der Waals surface area contributed by atoms with Gasteiger partial charge in [-0.3, -0.25) is 9.48 Å². The fourth-order valence-electron chi connectivity index (χ4n) is 2.21. The molecule has 0 aliphatic rings. The van der Waals surface area contributed by atoms with Gasteiger partial charge in [-0.05, 0) is 38.0 Å². The number of carbonyl (C=O) groups excluding carboxylic acids is 1. The lowest BCUT2D eigenvalue weighted by Gasteiger charge is -2.04. The highest BCUT2D eigenvalue weighted by Gasteiger charge is 2.04. The normalized spacial score (nSPS) is 10.8. The number of benzene rings is 1. The molecule has 2 rings (SSSR count). The molecule has 0 radical (unpaired) electrons. The van der Waals surface area contributed by atoms with E-state index in [1.54, 1.807) is 0 Å². The second kappa shape index (κ2) is 6.93. The van der Waals surface area contributed by atoms with Gasteiger partial charge in [-0.2, -0.15) is 5.10 Å². The van der Waals surface area contributed by atoms with Gasteiger partial charge in [-0.1, -0.05) is 6.42 Å². The smallest absolute Gasteiger partial charge is 0.305 e. The zero-order chi connectivity index (χ0) is 14.4. The average Bonchev–Trinajstić information content (AvgIpc) is 2.81. The number of hydrogen-bond donors (Lipinski definition) is 1. The van der Waals surface area contributed by atoms with Crippen LogP contribution >= 0.6 is 0 Å². The highest BCUT2D eigenvalue weighted by molar-refractivity contribution is 5.81. The molecule has 0 aliphatic carbocycles. The Hall–Kier alpha value is -2.04. The number of nitrogen functional groups attached to an aromatic ring is 1. The maximum absolute atomic E-state index is 11.2. The Morgan fingerprint density at radius 3 is 3.00 bits per heavy atom. The van der Waals surface area contributed by atoms with Gasteiger partial charge in [0, 0.05) is 24.0 Å². The van der Waals surface area contributed by atoms with E-state index in [9.17, 15) is 4.79 Å². The molecule has 2 N–H and O–H groups in total. The molecule has 2 aromatic rings. The number of fused-ring (bicyclic) bond motifs is 1. The fraction of sp³-hybridized carbons (Fsp3) is 0.467. The van der Waals surface area contributed by atoms with Crippen LogP contribution in [0.4, 0.5) is 5.69 Å². The average molecular weight is 275 g/mol. The molecule has 0 atom stereocenters. The molecule has 20 heavy (non-hydrogen) atoms. The molecule has 0 unspecified atom stereocenters. The van der Waals surface area contributed by atoms with Crippen LogP contribution in [0.3, 0.4) is 0 Å². The van der Waals surface area contributed by atoms with Crippen molar-refractivity contribution in [1.82, 2.24) is 9.78 Å². The summed E-state index contributed by atoms with van der Waals surface area (Å²) in [6, 6.07) is 5.81. The van der Waals surface area contributed by atoms with E-state index in [1.165, 1.54) is 0 Å². The van der Waals surface area contributed by atoms with Gasteiger partial charge in [0.15, 0.2) is 0 Å². The number of aromatic nitrogens is 2. The third-order valence-electron chi connectivity index (χ3n) is 3.22. The fourth-order valence-corrected chi connectivity index (χ4v) is 2.21. The van der Waals surface area contributed by atoms with E-state index >= 15 is 0 Å². The molecular formula is C15H21N3O2. The number of ether oxygens (including phenoxy) is 1. The monoisotopic (exact) mass is 275 g/mol. The summed E-state index contributed by atoms with van der Waals surface area (Å²) in [6.45, 7) is 3.13. The van der Waals surface area contributed by atoms with E-state index in [4.69, 9.17) is 10.5 Å². The number of esters is 1. The Labute approximate surface area is 118 Å². The van der Waals surface area contributed by atoms with Crippen molar-refractivity contribution in [2.75, 3.05) is 12.3 Å². The summed E-state index contributed by atoms with van der Waals surface area (Å²) in [7, 11) is 0. The van der Waals surface area contributed by atoms with E-state index in [0.29, 0.717) is 13.0 Å². The molecule has 5 nitrogen and oxygen atoms in total. The number of aryl methyl sites for hydroxylation is 1. The number of carbonyl (C=O) groups is 1. The zero-order valence-corrected chi connectivity index (χ0v) is 11.8. The second-order valence-corrected chi connectivity index (χ2v) is 4.80. The first kappa shape index (κ1) is 14.4. The minimum absolute atomic E-state index is 0.107. The lowest BCUT2D eigenvalue weighted by molar-refractivity contribution is -0.143. The van der Waals surface area contributed by atoms with Crippen molar-refractivity contribution in [2.24, 2.45) is 0 Å². The van der Waals surface area contributed by atoms with Gasteiger partial charge in [0.1, 0.15) is 0 Å². The van der Waals surface area contributed by atoms with Gasteiger partial charge in [-0.25, -0.2) is 0 Å². The number of nitrogens with two attached hydrogens (primary N) is 1. The quantitative estimate of drug-likeness (QED) is 0.479. The van der Waals surface area contributed by atoms with Crippen molar-refractivity contribution in [3.63, 3.8) is 0 Å². The van der Waals surface area contributed by atoms with Gasteiger partial charge in [-0.15, -0.1) is 0 Å². The van der Waals surface area contributed by atoms with Crippen molar-refractivity contribution >= 4 is 22.6 Å². The highest BCUT2D eigenvalue weighted by Crippen LogP contribution is 2.17. The molecule has 108 valence electrons. The van der Waals surface area contributed by atoms with Crippen LogP contribution in [-0.4, -0.2) is 22.4 Å². The van der Waals surface area contributed by atoms with Crippen LogP contribution in [0.2, 0.25) is 0 Å². The summed E-state index contributed by atoms with van der Waals surface area (Å²) >= 11 is 0. The lowest BCUT2D eigenvalue weighted by atomic mass is 10.2.